The molecule has 0 aliphatic carbocycles. The summed E-state index contributed by atoms with van der Waals surface area (Å²) in [5.74, 6) is 0. The van der Waals surface area contributed by atoms with E-state index in [-0.39, 0.29) is 0 Å². The molecule has 2 heterocycles. The van der Waals surface area contributed by atoms with Crippen LogP contribution in [0.15, 0.2) is 35.8 Å². The van der Waals surface area contributed by atoms with Crippen molar-refractivity contribution in [2.24, 2.45) is 0 Å². The molecule has 0 unspecified atom stereocenters. The number of H-pyrrole nitrogens is 1. The first kappa shape index (κ1) is 7.76. The third-order valence-corrected chi connectivity index (χ3v) is 2.96. The van der Waals surface area contributed by atoms with Crippen molar-refractivity contribution in [2.75, 3.05) is 0 Å². The summed E-state index contributed by atoms with van der Waals surface area (Å²) >= 11 is 1.61. The molecular weight excluding hydrogens is 192 g/mol. The molecule has 2 nitrogen and oxygen atoms in total. The quantitative estimate of drug-likeness (QED) is 0.641. The summed E-state index contributed by atoms with van der Waals surface area (Å²) in [6.07, 6.45) is 4.79. The molecule has 1 radical (unpaired) electrons. The van der Waals surface area contributed by atoms with Gasteiger partial charge in [-0.1, -0.05) is 12.1 Å². The minimum Gasteiger partial charge on any atom is -0.361 e. The zero-order chi connectivity index (χ0) is 9.38. The molecule has 0 amide bonds. The number of fused-ring (bicyclic) bond motifs is 1. The van der Waals surface area contributed by atoms with Crippen molar-refractivity contribution in [3.8, 4) is 10.6 Å². The topological polar surface area (TPSA) is 28.7 Å². The van der Waals surface area contributed by atoms with Gasteiger partial charge in [0.1, 0.15) is 11.2 Å². The van der Waals surface area contributed by atoms with Crippen molar-refractivity contribution in [1.29, 1.82) is 0 Å². The van der Waals surface area contributed by atoms with Crippen LogP contribution in [-0.4, -0.2) is 9.97 Å². The van der Waals surface area contributed by atoms with Crippen LogP contribution in [-0.2, 0) is 0 Å². The summed E-state index contributed by atoms with van der Waals surface area (Å²) < 4.78 is 0. The van der Waals surface area contributed by atoms with Crippen molar-refractivity contribution in [1.82, 2.24) is 9.97 Å². The fraction of sp³-hybridized carbons (Fsp3) is 0. The average Bonchev–Trinajstić information content (AvgIpc) is 2.88. The van der Waals surface area contributed by atoms with Gasteiger partial charge in [0.2, 0.25) is 0 Å². The number of aromatic nitrogens is 2. The first-order valence-electron chi connectivity index (χ1n) is 4.33. The lowest BCUT2D eigenvalue weighted by molar-refractivity contribution is 1.39. The smallest absolute Gasteiger partial charge is 0.126 e. The number of hydrogen-bond acceptors (Lipinski definition) is 2. The number of nitrogens with zero attached hydrogens (tertiary/aromatic N) is 1. The molecule has 0 saturated carbocycles. The Labute approximate surface area is 85.2 Å². The highest BCUT2D eigenvalue weighted by atomic mass is 32.1. The summed E-state index contributed by atoms with van der Waals surface area (Å²) in [4.78, 5) is 7.42. The fourth-order valence-electron chi connectivity index (χ4n) is 1.58. The van der Waals surface area contributed by atoms with Crippen molar-refractivity contribution in [3.63, 3.8) is 0 Å². The Hall–Kier alpha value is -1.61. The van der Waals surface area contributed by atoms with Crippen LogP contribution < -0.4 is 0 Å². The standard InChI is InChI=1S/C11H7N2S/c1-2-8-4-5-12-10(8)9(3-1)11-13-6-7-14-11/h1-5,7,12H. The number of thiazole rings is 1. The lowest BCUT2D eigenvalue weighted by atomic mass is 10.1. The maximum absolute atomic E-state index is 4.19. The van der Waals surface area contributed by atoms with E-state index in [0.717, 1.165) is 16.1 Å². The first-order chi connectivity index (χ1) is 6.95. The molecule has 67 valence electrons. The summed E-state index contributed by atoms with van der Waals surface area (Å²) in [6.45, 7) is 0. The second kappa shape index (κ2) is 2.96. The van der Waals surface area contributed by atoms with Crippen LogP contribution >= 0.6 is 11.3 Å². The molecule has 1 aromatic carbocycles. The van der Waals surface area contributed by atoms with E-state index in [9.17, 15) is 0 Å². The van der Waals surface area contributed by atoms with Crippen LogP contribution in [0.1, 0.15) is 0 Å². The van der Waals surface area contributed by atoms with Gasteiger partial charge in [-0.2, -0.15) is 0 Å². The second-order valence-electron chi connectivity index (χ2n) is 3.03. The zero-order valence-corrected chi connectivity index (χ0v) is 8.14. The van der Waals surface area contributed by atoms with Gasteiger partial charge in [0, 0.05) is 22.5 Å². The van der Waals surface area contributed by atoms with Gasteiger partial charge in [-0.25, -0.2) is 4.98 Å². The van der Waals surface area contributed by atoms with Crippen LogP contribution in [0, 0.1) is 6.20 Å². The van der Waals surface area contributed by atoms with E-state index in [4.69, 9.17) is 0 Å². The number of para-hydroxylation sites is 1. The van der Waals surface area contributed by atoms with Gasteiger partial charge < -0.3 is 4.98 Å². The molecule has 1 N–H and O–H groups in total. The first-order valence-corrected chi connectivity index (χ1v) is 5.21. The van der Waals surface area contributed by atoms with E-state index in [2.05, 4.69) is 34.4 Å². The van der Waals surface area contributed by atoms with Crippen molar-refractivity contribution >= 4 is 22.2 Å². The van der Waals surface area contributed by atoms with Gasteiger partial charge >= 0.3 is 0 Å². The van der Waals surface area contributed by atoms with Gasteiger partial charge in [-0.15, -0.1) is 11.3 Å². The predicted octanol–water partition coefficient (Wildman–Crippen LogP) is 3.09. The van der Waals surface area contributed by atoms with Crippen LogP contribution in [0.2, 0.25) is 0 Å². The minimum atomic E-state index is 1.01. The third-order valence-electron chi connectivity index (χ3n) is 2.21. The molecule has 3 heteroatoms. The number of benzene rings is 1. The van der Waals surface area contributed by atoms with Gasteiger partial charge in [0.05, 0.1) is 5.52 Å². The number of aromatic amines is 1. The Morgan fingerprint density at radius 1 is 1.29 bits per heavy atom. The third kappa shape index (κ3) is 1.06. The van der Waals surface area contributed by atoms with E-state index in [1.807, 2.05) is 17.6 Å². The van der Waals surface area contributed by atoms with Crippen molar-refractivity contribution in [3.05, 3.63) is 42.0 Å². The summed E-state index contributed by atoms with van der Waals surface area (Å²) in [5.41, 5.74) is 2.30. The van der Waals surface area contributed by atoms with Crippen LogP contribution in [0.4, 0.5) is 0 Å². The van der Waals surface area contributed by atoms with E-state index in [1.54, 1.807) is 11.3 Å². The second-order valence-corrected chi connectivity index (χ2v) is 3.89. The molecule has 3 aromatic rings. The lowest BCUT2D eigenvalue weighted by Gasteiger charge is -1.97. The van der Waals surface area contributed by atoms with Gasteiger partial charge in [-0.3, -0.25) is 0 Å². The Morgan fingerprint density at radius 3 is 3.14 bits per heavy atom. The van der Waals surface area contributed by atoms with Gasteiger partial charge in [-0.05, 0) is 12.1 Å². The highest BCUT2D eigenvalue weighted by molar-refractivity contribution is 7.13. The highest BCUT2D eigenvalue weighted by Gasteiger charge is 2.05. The fourth-order valence-corrected chi connectivity index (χ4v) is 2.20. The van der Waals surface area contributed by atoms with Crippen LogP contribution in [0.25, 0.3) is 21.5 Å². The van der Waals surface area contributed by atoms with E-state index in [0.29, 0.717) is 0 Å². The summed E-state index contributed by atoms with van der Waals surface area (Å²) in [5, 5.41) is 4.10. The molecule has 0 bridgehead atoms. The van der Waals surface area contributed by atoms with E-state index in [1.165, 1.54) is 5.39 Å². The maximum Gasteiger partial charge on any atom is 0.126 e. The van der Waals surface area contributed by atoms with E-state index < -0.39 is 0 Å². The van der Waals surface area contributed by atoms with Crippen LogP contribution in [0.3, 0.4) is 0 Å². The zero-order valence-electron chi connectivity index (χ0n) is 7.32. The molecule has 0 saturated heterocycles. The Morgan fingerprint density at radius 2 is 2.29 bits per heavy atom. The summed E-state index contributed by atoms with van der Waals surface area (Å²) in [6, 6.07) is 8.28. The van der Waals surface area contributed by atoms with E-state index >= 15 is 0 Å². The number of nitrogens with one attached hydrogen (secondary N) is 1. The highest BCUT2D eigenvalue weighted by Crippen LogP contribution is 2.28. The number of hydrogen-bond donors (Lipinski definition) is 1. The Bertz CT molecular complexity index is 551. The minimum absolute atomic E-state index is 1.01. The molecule has 2 aromatic heterocycles. The number of rotatable bonds is 1. The monoisotopic (exact) mass is 199 g/mol. The maximum atomic E-state index is 4.19. The normalized spacial score (nSPS) is 10.9. The Balaban J connectivity index is 2.36. The van der Waals surface area contributed by atoms with Crippen molar-refractivity contribution in [2.45, 2.75) is 0 Å². The van der Waals surface area contributed by atoms with Gasteiger partial charge in [0.25, 0.3) is 0 Å². The van der Waals surface area contributed by atoms with Gasteiger partial charge in [0.15, 0.2) is 0 Å². The SMILES string of the molecule is [c]1csc(-c2cccc3cc[nH]c23)n1. The molecule has 0 fully saturated rings. The average molecular weight is 199 g/mol. The molecule has 14 heavy (non-hydrogen) atoms. The molecule has 0 aliphatic heterocycles. The molecule has 0 atom stereocenters. The predicted molar refractivity (Wildman–Crippen MR) is 58.2 cm³/mol. The van der Waals surface area contributed by atoms with Crippen molar-refractivity contribution < 1.29 is 0 Å². The van der Waals surface area contributed by atoms with Crippen LogP contribution in [0.5, 0.6) is 0 Å². The molecule has 0 aliphatic rings. The lowest BCUT2D eigenvalue weighted by Crippen LogP contribution is -1.77. The molecule has 0 spiro atoms. The summed E-state index contributed by atoms with van der Waals surface area (Å²) in [7, 11) is 0. The molecular formula is C11H7N2S. The largest absolute Gasteiger partial charge is 0.361 e. The molecule has 3 rings (SSSR count). The Kier molecular flexibility index (Phi) is 1.64.